The summed E-state index contributed by atoms with van der Waals surface area (Å²) in [5.41, 5.74) is 6.69. The van der Waals surface area contributed by atoms with E-state index in [1.807, 2.05) is 114 Å². The molecular formula is C86H71N5OPt-2. The molecule has 7 heteroatoms. The van der Waals surface area contributed by atoms with Gasteiger partial charge >= 0.3 is 0 Å². The van der Waals surface area contributed by atoms with Gasteiger partial charge in [-0.15, -0.1) is 29.7 Å². The van der Waals surface area contributed by atoms with Crippen LogP contribution in [0.1, 0.15) is 109 Å². The number of fused-ring (bicyclic) bond motifs is 13. The van der Waals surface area contributed by atoms with Crippen molar-refractivity contribution in [1.29, 1.82) is 0 Å². The van der Waals surface area contributed by atoms with Crippen molar-refractivity contribution in [3.05, 3.63) is 277 Å². The van der Waals surface area contributed by atoms with Crippen LogP contribution in [0.2, 0.25) is 0 Å². The van der Waals surface area contributed by atoms with Gasteiger partial charge < -0.3 is 18.4 Å². The fraction of sp³-hybridized carbons (Fsp3) is 0.163. The normalized spacial score (nSPS) is 14.8. The minimum absolute atomic E-state index is 0. The van der Waals surface area contributed by atoms with E-state index in [1.54, 1.807) is 27.3 Å². The van der Waals surface area contributed by atoms with Gasteiger partial charge in [0.15, 0.2) is 0 Å². The number of aryl methyl sites for hydroxylation is 2. The molecule has 6 nitrogen and oxygen atoms in total. The van der Waals surface area contributed by atoms with E-state index in [4.69, 9.17) is 17.9 Å². The maximum atomic E-state index is 10.4. The molecule has 0 unspecified atom stereocenters. The molecule has 4 aromatic heterocycles. The molecule has 0 aliphatic carbocycles. The molecule has 0 bridgehead atoms. The Balaban J connectivity index is 0.00000915. The van der Waals surface area contributed by atoms with Crippen LogP contribution in [0.25, 0.3) is 133 Å². The van der Waals surface area contributed by atoms with Crippen molar-refractivity contribution in [2.24, 2.45) is 0 Å². The van der Waals surface area contributed by atoms with Crippen LogP contribution >= 0.6 is 0 Å². The Morgan fingerprint density at radius 2 is 1.00 bits per heavy atom. The molecule has 0 spiro atoms. The van der Waals surface area contributed by atoms with Crippen LogP contribution < -0.4 is 9.30 Å². The summed E-state index contributed by atoms with van der Waals surface area (Å²) >= 11 is 0. The summed E-state index contributed by atoms with van der Waals surface area (Å²) in [5, 5.41) is 3.53. The van der Waals surface area contributed by atoms with Crippen molar-refractivity contribution in [1.82, 2.24) is 18.7 Å². The Labute approximate surface area is 579 Å². The molecule has 93 heavy (non-hydrogen) atoms. The summed E-state index contributed by atoms with van der Waals surface area (Å²) in [6, 6.07) is 56.9. The molecule has 0 N–H and O–H groups in total. The number of nitrogens with zero attached hydrogens (tertiary/aromatic N) is 5. The Hall–Kier alpha value is -9.87. The average molecular weight is 1400 g/mol. The number of ether oxygens (including phenoxy) is 1. The van der Waals surface area contributed by atoms with E-state index in [-0.39, 0.29) is 110 Å². The van der Waals surface area contributed by atoms with Gasteiger partial charge in [-0.3, -0.25) is 4.57 Å². The Morgan fingerprint density at radius 3 is 1.61 bits per heavy atom. The number of benzene rings is 11. The first-order valence-electron chi connectivity index (χ1n) is 37.9. The maximum Gasteiger partial charge on any atom is 0.268 e. The number of para-hydroxylation sites is 3. The summed E-state index contributed by atoms with van der Waals surface area (Å²) in [4.78, 5) is 4.90. The van der Waals surface area contributed by atoms with Gasteiger partial charge in [0.2, 0.25) is 0 Å². The fourth-order valence-corrected chi connectivity index (χ4v) is 13.3. The molecule has 0 fully saturated rings. The zero-order chi connectivity index (χ0) is 75.1. The number of hydrogen-bond donors (Lipinski definition) is 0. The van der Waals surface area contributed by atoms with Crippen LogP contribution in [0.3, 0.4) is 0 Å². The molecule has 1 aliphatic rings. The fourth-order valence-electron chi connectivity index (χ4n) is 13.3. The Morgan fingerprint density at radius 1 is 0.462 bits per heavy atom. The van der Waals surface area contributed by atoms with Crippen molar-refractivity contribution in [3.8, 4) is 90.0 Å². The van der Waals surface area contributed by atoms with E-state index in [9.17, 15) is 11.0 Å². The first kappa shape index (κ1) is 45.4. The quantitative estimate of drug-likeness (QED) is 0.118. The molecule has 15 aromatic rings. The number of pyridine rings is 1. The van der Waals surface area contributed by atoms with Gasteiger partial charge in [0, 0.05) is 63.3 Å². The van der Waals surface area contributed by atoms with Crippen LogP contribution in [0, 0.1) is 32.2 Å². The summed E-state index contributed by atoms with van der Waals surface area (Å²) in [6.07, 6.45) is 5.61. The third-order valence-electron chi connectivity index (χ3n) is 18.0. The van der Waals surface area contributed by atoms with E-state index >= 15 is 0 Å². The number of hydrogen-bond acceptors (Lipinski definition) is 2. The van der Waals surface area contributed by atoms with E-state index in [0.717, 1.165) is 54.8 Å². The van der Waals surface area contributed by atoms with Crippen molar-refractivity contribution in [3.63, 3.8) is 0 Å². The van der Waals surface area contributed by atoms with Gasteiger partial charge in [0.1, 0.15) is 5.82 Å². The zero-order valence-electron chi connectivity index (χ0n) is 66.8. The second kappa shape index (κ2) is 22.2. The molecule has 0 atom stereocenters. The largest absolute Gasteiger partial charge is 0.510 e. The average Bonchev–Trinajstić information content (AvgIpc) is 1.58. The topological polar surface area (TPSA) is 40.8 Å². The van der Waals surface area contributed by atoms with Gasteiger partial charge in [-0.2, -0.15) is 18.2 Å². The van der Waals surface area contributed by atoms with Gasteiger partial charge in [-0.25, -0.2) is 4.98 Å². The minimum Gasteiger partial charge on any atom is -0.510 e. The summed E-state index contributed by atoms with van der Waals surface area (Å²) in [5.74, 6) is 1.35. The second-order valence-corrected chi connectivity index (χ2v) is 27.0. The smallest absolute Gasteiger partial charge is 0.268 e. The van der Waals surface area contributed by atoms with Crippen LogP contribution in [0.5, 0.6) is 11.5 Å². The number of rotatable bonds is 7. The Bertz CT molecular complexity index is 6160. The Kier molecular flexibility index (Phi) is 10.8. The molecule has 5 heterocycles. The van der Waals surface area contributed by atoms with Crippen LogP contribution in [0.4, 0.5) is 0 Å². The molecule has 1 aliphatic heterocycles. The summed E-state index contributed by atoms with van der Waals surface area (Å²) < 4.78 is 149. The van der Waals surface area contributed by atoms with Gasteiger partial charge in [-0.1, -0.05) is 213 Å². The molecule has 0 saturated carbocycles. The zero-order valence-corrected chi connectivity index (χ0v) is 55.1. The standard InChI is InChI=1S/C86H71N5O.Pt/c1-53-24-22-25-54(2)81(53)57-45-73-67-31-15-13-29-65(67)64-28-12-14-30-66(64)72-44-56(55-42-59(85(6,7)8)48-60(43-55)86(9,10)11)46-78-82(72)89(83(73)79(47-57)90-74-35-19-16-32-68(74)69-33-17-20-36-75(69)90)52-88(78)61-26-23-27-62(50-61)92-63-38-39-71-70-34-18-21-37-76(70)91(77(71)51-63)80-49-58(40-41-87-80)84(3,4)5;/h12-49H,1-11H3;/q-2;/i1D3,2D3,12D,13D,14D,15D,28D,29D,30D,31D;. The van der Waals surface area contributed by atoms with E-state index in [2.05, 4.69) is 122 Å². The molecule has 458 valence electrons. The van der Waals surface area contributed by atoms with E-state index in [1.165, 1.54) is 18.2 Å². The molecule has 0 amide bonds. The first-order valence-corrected chi connectivity index (χ1v) is 30.9. The molecular weight excluding hydrogens is 1310 g/mol. The molecule has 16 rings (SSSR count). The molecule has 11 aromatic carbocycles. The van der Waals surface area contributed by atoms with E-state index in [0.29, 0.717) is 44.9 Å². The van der Waals surface area contributed by atoms with Crippen molar-refractivity contribution >= 4 is 54.6 Å². The third kappa shape index (κ3) is 9.96. The summed E-state index contributed by atoms with van der Waals surface area (Å²) in [7, 11) is 0. The monoisotopic (exact) mass is 1400 g/mol. The van der Waals surface area contributed by atoms with Crippen molar-refractivity contribution < 1.29 is 49.6 Å². The van der Waals surface area contributed by atoms with Gasteiger partial charge in [-0.05, 0) is 173 Å². The SMILES string of the molecule is [2H]c1c([2H])c([2H])c2c(c1[2H])-c1cc(-c3c(C([2H])([2H])[2H])cccc3C([2H])([2H])[2H])cc(-n3c4ccccc4c4ccccc43)c1-[n+]1[c-]n(-c3[c-]c(Oc4[c-]c5c(cc4)c4ccccc4n5-c4cc(C(C)(C)C)ccn4)ccc3)c3cc(-c4cc(C(C)(C)C)cc(C(C)(C)C)c4)cc(c31)-c1c([2H])c([2H])c([2H])c([2H])c1-2.[Pt]. The molecule has 0 radical (unpaired) electrons. The first-order chi connectivity index (χ1) is 50.1. The summed E-state index contributed by atoms with van der Waals surface area (Å²) in [6.45, 7) is 13.5. The van der Waals surface area contributed by atoms with Crippen LogP contribution in [0.15, 0.2) is 230 Å². The molecule has 0 saturated heterocycles. The van der Waals surface area contributed by atoms with Gasteiger partial charge in [0.25, 0.3) is 6.33 Å². The second-order valence-electron chi connectivity index (χ2n) is 27.0. The van der Waals surface area contributed by atoms with Crippen molar-refractivity contribution in [2.45, 2.75) is 92.3 Å². The third-order valence-corrected chi connectivity index (χ3v) is 18.0. The van der Waals surface area contributed by atoms with Gasteiger partial charge in [0.05, 0.1) is 44.4 Å². The maximum absolute atomic E-state index is 10.4. The van der Waals surface area contributed by atoms with E-state index < -0.39 is 62.0 Å². The predicted octanol–water partition coefficient (Wildman–Crippen LogP) is 21.8. The minimum atomic E-state index is -2.92. The van der Waals surface area contributed by atoms with Crippen LogP contribution in [-0.2, 0) is 37.3 Å². The van der Waals surface area contributed by atoms with Crippen molar-refractivity contribution in [2.75, 3.05) is 0 Å². The van der Waals surface area contributed by atoms with Crippen LogP contribution in [-0.4, -0.2) is 18.7 Å². The predicted molar refractivity (Wildman–Crippen MR) is 381 cm³/mol. The number of aromatic nitrogens is 5. The number of imidazole rings is 1.